The number of hydrogen-bond donors (Lipinski definition) is 1. The molecule has 0 saturated carbocycles. The highest BCUT2D eigenvalue weighted by Crippen LogP contribution is 2.30. The molecule has 0 radical (unpaired) electrons. The highest BCUT2D eigenvalue weighted by molar-refractivity contribution is 6.33. The predicted octanol–water partition coefficient (Wildman–Crippen LogP) is 2.66. The van der Waals surface area contributed by atoms with Gasteiger partial charge in [0.05, 0.1) is 17.3 Å². The summed E-state index contributed by atoms with van der Waals surface area (Å²) in [6.07, 6.45) is 2.39. The molecule has 4 heteroatoms. The number of benzene rings is 1. The second-order valence-corrected chi connectivity index (χ2v) is 5.32. The predicted molar refractivity (Wildman–Crippen MR) is 76.2 cm³/mol. The van der Waals surface area contributed by atoms with Gasteiger partial charge in [-0.05, 0) is 30.4 Å². The second-order valence-electron chi connectivity index (χ2n) is 4.92. The van der Waals surface area contributed by atoms with Crippen molar-refractivity contribution in [2.45, 2.75) is 19.4 Å². The Labute approximate surface area is 114 Å². The third kappa shape index (κ3) is 3.16. The molecule has 1 saturated heterocycles. The minimum atomic E-state index is 0.515. The summed E-state index contributed by atoms with van der Waals surface area (Å²) in [5.41, 5.74) is 7.94. The van der Waals surface area contributed by atoms with Crippen molar-refractivity contribution in [3.05, 3.63) is 28.8 Å². The molecule has 1 atom stereocenters. The molecule has 0 aliphatic carbocycles. The van der Waals surface area contributed by atoms with Crippen molar-refractivity contribution in [1.82, 2.24) is 0 Å². The molecule has 1 unspecified atom stereocenters. The quantitative estimate of drug-likeness (QED) is 0.912. The van der Waals surface area contributed by atoms with Crippen molar-refractivity contribution >= 4 is 17.3 Å². The first-order valence-corrected chi connectivity index (χ1v) is 6.86. The zero-order valence-electron chi connectivity index (χ0n) is 10.9. The lowest BCUT2D eigenvalue weighted by atomic mass is 10.0. The number of para-hydroxylation sites is 1. The summed E-state index contributed by atoms with van der Waals surface area (Å²) in [6, 6.07) is 5.91. The molecule has 0 spiro atoms. The van der Waals surface area contributed by atoms with E-state index in [1.54, 1.807) is 0 Å². The molecule has 0 aromatic heterocycles. The SMILES string of the molecule is CN(CC1CCCOC1)c1c(Cl)cccc1CN. The van der Waals surface area contributed by atoms with Crippen LogP contribution in [0, 0.1) is 5.92 Å². The van der Waals surface area contributed by atoms with E-state index in [-0.39, 0.29) is 0 Å². The summed E-state index contributed by atoms with van der Waals surface area (Å²) in [5.74, 6) is 0.589. The smallest absolute Gasteiger partial charge is 0.0642 e. The number of nitrogens with two attached hydrogens (primary N) is 1. The van der Waals surface area contributed by atoms with E-state index in [0.29, 0.717) is 12.5 Å². The average Bonchev–Trinajstić information content (AvgIpc) is 2.39. The average molecular weight is 269 g/mol. The molecular formula is C14H21ClN2O. The molecule has 1 aliphatic heterocycles. The van der Waals surface area contributed by atoms with Gasteiger partial charge < -0.3 is 15.4 Å². The van der Waals surface area contributed by atoms with Crippen LogP contribution in [-0.4, -0.2) is 26.8 Å². The van der Waals surface area contributed by atoms with Crippen LogP contribution >= 0.6 is 11.6 Å². The van der Waals surface area contributed by atoms with Gasteiger partial charge in [-0.1, -0.05) is 23.7 Å². The van der Waals surface area contributed by atoms with Gasteiger partial charge in [-0.2, -0.15) is 0 Å². The first-order valence-electron chi connectivity index (χ1n) is 6.48. The Balaban J connectivity index is 2.09. The normalized spacial score (nSPS) is 19.8. The summed E-state index contributed by atoms with van der Waals surface area (Å²) < 4.78 is 5.52. The maximum atomic E-state index is 6.29. The van der Waals surface area contributed by atoms with Gasteiger partial charge in [-0.15, -0.1) is 0 Å². The Hall–Kier alpha value is -0.770. The van der Waals surface area contributed by atoms with Gasteiger partial charge in [0.2, 0.25) is 0 Å². The topological polar surface area (TPSA) is 38.5 Å². The molecule has 1 fully saturated rings. The molecule has 1 aromatic rings. The Kier molecular flexibility index (Phi) is 4.87. The van der Waals surface area contributed by atoms with Crippen LogP contribution in [0.15, 0.2) is 18.2 Å². The lowest BCUT2D eigenvalue weighted by Crippen LogP contribution is -2.31. The summed E-state index contributed by atoms with van der Waals surface area (Å²) >= 11 is 6.29. The van der Waals surface area contributed by atoms with Gasteiger partial charge in [0.25, 0.3) is 0 Å². The van der Waals surface area contributed by atoms with Crippen LogP contribution in [0.2, 0.25) is 5.02 Å². The Bertz CT molecular complexity index is 391. The molecule has 2 N–H and O–H groups in total. The molecular weight excluding hydrogens is 248 g/mol. The fourth-order valence-electron chi connectivity index (χ4n) is 2.58. The number of hydrogen-bond acceptors (Lipinski definition) is 3. The lowest BCUT2D eigenvalue weighted by molar-refractivity contribution is 0.0576. The van der Waals surface area contributed by atoms with Gasteiger partial charge in [0, 0.05) is 26.7 Å². The maximum Gasteiger partial charge on any atom is 0.0642 e. The zero-order valence-corrected chi connectivity index (χ0v) is 11.6. The Morgan fingerprint density at radius 2 is 2.33 bits per heavy atom. The molecule has 0 bridgehead atoms. The standard InChI is InChI=1S/C14H21ClN2O/c1-17(9-11-4-3-7-18-10-11)14-12(8-16)5-2-6-13(14)15/h2,5-6,11H,3-4,7-10,16H2,1H3. The first kappa shape index (κ1) is 13.7. The van der Waals surface area contributed by atoms with Crippen LogP contribution in [0.3, 0.4) is 0 Å². The molecule has 0 amide bonds. The summed E-state index contributed by atoms with van der Waals surface area (Å²) in [6.45, 7) is 3.24. The van der Waals surface area contributed by atoms with Crippen LogP contribution in [-0.2, 0) is 11.3 Å². The monoisotopic (exact) mass is 268 g/mol. The molecule has 3 nitrogen and oxygen atoms in total. The van der Waals surface area contributed by atoms with Crippen molar-refractivity contribution < 1.29 is 4.74 Å². The van der Waals surface area contributed by atoms with Gasteiger partial charge in [0.15, 0.2) is 0 Å². The first-order chi connectivity index (χ1) is 8.72. The van der Waals surface area contributed by atoms with Crippen LogP contribution in [0.1, 0.15) is 18.4 Å². The minimum Gasteiger partial charge on any atom is -0.381 e. The van der Waals surface area contributed by atoms with Crippen LogP contribution in [0.4, 0.5) is 5.69 Å². The van der Waals surface area contributed by atoms with Crippen LogP contribution < -0.4 is 10.6 Å². The molecule has 2 rings (SSSR count). The molecule has 1 heterocycles. The number of rotatable bonds is 4. The third-order valence-corrected chi connectivity index (χ3v) is 3.76. The van der Waals surface area contributed by atoms with Crippen LogP contribution in [0.5, 0.6) is 0 Å². The van der Waals surface area contributed by atoms with Crippen molar-refractivity contribution in [3.63, 3.8) is 0 Å². The minimum absolute atomic E-state index is 0.515. The van der Waals surface area contributed by atoms with Gasteiger partial charge >= 0.3 is 0 Å². The molecule has 100 valence electrons. The van der Waals surface area contributed by atoms with E-state index in [1.165, 1.54) is 6.42 Å². The second kappa shape index (κ2) is 6.41. The van der Waals surface area contributed by atoms with Gasteiger partial charge in [-0.25, -0.2) is 0 Å². The highest BCUT2D eigenvalue weighted by Gasteiger charge is 2.18. The van der Waals surface area contributed by atoms with E-state index in [0.717, 1.165) is 42.5 Å². The number of nitrogens with zero attached hydrogens (tertiary/aromatic N) is 1. The lowest BCUT2D eigenvalue weighted by Gasteiger charge is -2.30. The van der Waals surface area contributed by atoms with Crippen molar-refractivity contribution in [1.29, 1.82) is 0 Å². The highest BCUT2D eigenvalue weighted by atomic mass is 35.5. The Morgan fingerprint density at radius 3 is 3.00 bits per heavy atom. The van der Waals surface area contributed by atoms with E-state index >= 15 is 0 Å². The van der Waals surface area contributed by atoms with Crippen LogP contribution in [0.25, 0.3) is 0 Å². The van der Waals surface area contributed by atoms with Crippen molar-refractivity contribution in [2.75, 3.05) is 31.7 Å². The van der Waals surface area contributed by atoms with E-state index in [4.69, 9.17) is 22.1 Å². The largest absolute Gasteiger partial charge is 0.381 e. The maximum absolute atomic E-state index is 6.29. The van der Waals surface area contributed by atoms with Gasteiger partial charge in [0.1, 0.15) is 0 Å². The number of halogens is 1. The summed E-state index contributed by atoms with van der Waals surface area (Å²) in [7, 11) is 2.08. The molecule has 18 heavy (non-hydrogen) atoms. The van der Waals surface area contributed by atoms with E-state index in [1.807, 2.05) is 18.2 Å². The Morgan fingerprint density at radius 1 is 1.50 bits per heavy atom. The summed E-state index contributed by atoms with van der Waals surface area (Å²) in [5, 5.41) is 0.775. The van der Waals surface area contributed by atoms with Crippen molar-refractivity contribution in [3.8, 4) is 0 Å². The van der Waals surface area contributed by atoms with E-state index < -0.39 is 0 Å². The van der Waals surface area contributed by atoms with Crippen molar-refractivity contribution in [2.24, 2.45) is 11.7 Å². The fraction of sp³-hybridized carbons (Fsp3) is 0.571. The van der Waals surface area contributed by atoms with Gasteiger partial charge in [-0.3, -0.25) is 0 Å². The van der Waals surface area contributed by atoms with E-state index in [2.05, 4.69) is 11.9 Å². The molecule has 1 aliphatic rings. The zero-order chi connectivity index (χ0) is 13.0. The molecule has 1 aromatic carbocycles. The number of anilines is 1. The van der Waals surface area contributed by atoms with E-state index in [9.17, 15) is 0 Å². The third-order valence-electron chi connectivity index (χ3n) is 3.46. The summed E-state index contributed by atoms with van der Waals surface area (Å²) in [4.78, 5) is 2.21. The number of ether oxygens (including phenoxy) is 1. The fourth-order valence-corrected chi connectivity index (χ4v) is 2.92.